The summed E-state index contributed by atoms with van der Waals surface area (Å²) in [7, 11) is 0. The Bertz CT molecular complexity index is 173. The lowest BCUT2D eigenvalue weighted by molar-refractivity contribution is 1.27. The third-order valence-corrected chi connectivity index (χ3v) is 0.897. The molecule has 1 heteroatoms. The van der Waals surface area contributed by atoms with Crippen LogP contribution in [0.4, 0.5) is 0 Å². The van der Waals surface area contributed by atoms with E-state index in [-0.39, 0.29) is 0 Å². The van der Waals surface area contributed by atoms with Crippen LogP contribution >= 0.6 is 0 Å². The molecule has 0 aromatic carbocycles. The van der Waals surface area contributed by atoms with Crippen molar-refractivity contribution in [2.45, 2.75) is 0 Å². The van der Waals surface area contributed by atoms with Crippen molar-refractivity contribution >= 4 is 6.21 Å². The van der Waals surface area contributed by atoms with Gasteiger partial charge in [0.15, 0.2) is 0 Å². The van der Waals surface area contributed by atoms with Crippen molar-refractivity contribution in [1.29, 1.82) is 0 Å². The number of hydrogen-bond acceptors (Lipinski definition) is 1. The topological polar surface area (TPSA) is 14.1 Å². The van der Waals surface area contributed by atoms with E-state index >= 15 is 0 Å². The monoisotopic (exact) mass is 105 g/mol. The Labute approximate surface area is 48.7 Å². The second-order valence-electron chi connectivity index (χ2n) is 1.46. The molecule has 39 valence electrons. The van der Waals surface area contributed by atoms with Gasteiger partial charge >= 0.3 is 0 Å². The van der Waals surface area contributed by atoms with Crippen LogP contribution in [0.25, 0.3) is 0 Å². The van der Waals surface area contributed by atoms with Gasteiger partial charge in [0.2, 0.25) is 6.21 Å². The lowest BCUT2D eigenvalue weighted by Crippen LogP contribution is -1.91. The molecule has 0 aliphatic carbocycles. The lowest BCUT2D eigenvalue weighted by Gasteiger charge is -1.76. The van der Waals surface area contributed by atoms with Gasteiger partial charge in [0.25, 0.3) is 5.70 Å². The average molecular weight is 105 g/mol. The van der Waals surface area contributed by atoms with E-state index in [9.17, 15) is 0 Å². The predicted molar refractivity (Wildman–Crippen MR) is 35.6 cm³/mol. The van der Waals surface area contributed by atoms with Crippen LogP contribution < -0.4 is 4.99 Å². The summed E-state index contributed by atoms with van der Waals surface area (Å²) in [6.07, 6.45) is 9.20. The van der Waals surface area contributed by atoms with Crippen LogP contribution in [0.2, 0.25) is 0 Å². The van der Waals surface area contributed by atoms with Gasteiger partial charge in [-0.3, -0.25) is 0 Å². The van der Waals surface area contributed by atoms with Gasteiger partial charge in [-0.05, 0) is 6.08 Å². The van der Waals surface area contributed by atoms with E-state index in [4.69, 9.17) is 0 Å². The molecule has 0 saturated carbocycles. The maximum atomic E-state index is 3.98. The fourth-order valence-corrected chi connectivity index (χ4v) is 0.497. The molecule has 1 radical (unpaired) electrons. The van der Waals surface area contributed by atoms with Crippen LogP contribution in [-0.4, -0.2) is 6.21 Å². The Balaban J connectivity index is 2.82. The van der Waals surface area contributed by atoms with Crippen molar-refractivity contribution in [2.75, 3.05) is 0 Å². The van der Waals surface area contributed by atoms with Gasteiger partial charge in [0.05, 0.1) is 4.99 Å². The van der Waals surface area contributed by atoms with Gasteiger partial charge in [-0.25, -0.2) is 0 Å². The standard InChI is InChI=1S/C7H7N/c1-2-7-5-3-4-6-8-7/h2-6H,1H2/q+1. The molecule has 1 heterocycles. The van der Waals surface area contributed by atoms with E-state index < -0.39 is 0 Å². The van der Waals surface area contributed by atoms with E-state index in [1.54, 1.807) is 12.3 Å². The summed E-state index contributed by atoms with van der Waals surface area (Å²) in [5.41, 5.74) is 0.924. The number of nitrogens with zero attached hydrogens (tertiary/aromatic N) is 1. The normalized spacial score (nSPS) is 15.8. The molecular weight excluding hydrogens is 98.1 g/mol. The first-order chi connectivity index (χ1) is 3.93. The lowest BCUT2D eigenvalue weighted by atomic mass is 10.3. The Morgan fingerprint density at radius 3 is 2.75 bits per heavy atom. The zero-order chi connectivity index (χ0) is 5.82. The van der Waals surface area contributed by atoms with Gasteiger partial charge in [0.1, 0.15) is 0 Å². The average Bonchev–Trinajstić information content (AvgIpc) is 1.90. The fraction of sp³-hybridized carbons (Fsp3) is 0. The molecule has 0 spiro atoms. The minimum Gasteiger partial charge on any atom is -0.0922 e. The van der Waals surface area contributed by atoms with E-state index in [1.165, 1.54) is 0 Å². The zero-order valence-electron chi connectivity index (χ0n) is 4.54. The number of aliphatic imine (C=N–C) groups is 1. The molecule has 1 rings (SSSR count). The second kappa shape index (κ2) is 2.26. The van der Waals surface area contributed by atoms with Crippen molar-refractivity contribution in [1.82, 2.24) is 4.99 Å². The summed E-state index contributed by atoms with van der Waals surface area (Å²) in [4.78, 5) is 3.98. The summed E-state index contributed by atoms with van der Waals surface area (Å²) in [6.45, 7) is 3.57. The van der Waals surface area contributed by atoms with Crippen LogP contribution in [0.15, 0.2) is 36.6 Å². The first-order valence-electron chi connectivity index (χ1n) is 2.47. The first kappa shape index (κ1) is 5.04. The Kier molecular flexibility index (Phi) is 1.42. The van der Waals surface area contributed by atoms with E-state index in [0.717, 1.165) is 5.70 Å². The molecule has 0 unspecified atom stereocenters. The minimum absolute atomic E-state index is 0.924. The van der Waals surface area contributed by atoms with Gasteiger partial charge in [-0.2, -0.15) is 0 Å². The maximum Gasteiger partial charge on any atom is 0.276 e. The van der Waals surface area contributed by atoms with E-state index in [1.807, 2.05) is 18.2 Å². The van der Waals surface area contributed by atoms with Crippen molar-refractivity contribution in [3.63, 3.8) is 0 Å². The van der Waals surface area contributed by atoms with Crippen molar-refractivity contribution < 1.29 is 0 Å². The Hall–Kier alpha value is -1.11. The molecule has 0 atom stereocenters. The molecule has 0 aromatic heterocycles. The van der Waals surface area contributed by atoms with Crippen LogP contribution in [0.1, 0.15) is 0 Å². The van der Waals surface area contributed by atoms with Crippen LogP contribution in [-0.2, 0) is 0 Å². The quantitative estimate of drug-likeness (QED) is 0.473. The molecule has 0 amide bonds. The molecule has 0 aromatic rings. The Morgan fingerprint density at radius 1 is 1.50 bits per heavy atom. The summed E-state index contributed by atoms with van der Waals surface area (Å²) in [5, 5.41) is 0. The molecule has 0 fully saturated rings. The maximum absolute atomic E-state index is 3.98. The molecule has 0 bridgehead atoms. The summed E-state index contributed by atoms with van der Waals surface area (Å²) in [6, 6.07) is 0. The van der Waals surface area contributed by atoms with Gasteiger partial charge < -0.3 is 0 Å². The predicted octanol–water partition coefficient (Wildman–Crippen LogP) is 1.03. The number of allylic oxidation sites excluding steroid dienone is 4. The van der Waals surface area contributed by atoms with Gasteiger partial charge in [0, 0.05) is 18.2 Å². The largest absolute Gasteiger partial charge is 0.276 e. The third-order valence-electron chi connectivity index (χ3n) is 0.897. The highest BCUT2D eigenvalue weighted by Crippen LogP contribution is 1.91. The zero-order valence-corrected chi connectivity index (χ0v) is 4.54. The SMILES string of the molecule is C=CC1=CC=CC=[N+]1. The highest BCUT2D eigenvalue weighted by Gasteiger charge is 1.99. The smallest absolute Gasteiger partial charge is 0.0922 e. The summed E-state index contributed by atoms with van der Waals surface area (Å²) in [5.74, 6) is 0. The highest BCUT2D eigenvalue weighted by atomic mass is 14.7. The van der Waals surface area contributed by atoms with Crippen LogP contribution in [0, 0.1) is 0 Å². The van der Waals surface area contributed by atoms with Crippen LogP contribution in [0.3, 0.4) is 0 Å². The van der Waals surface area contributed by atoms with Crippen molar-refractivity contribution in [2.24, 2.45) is 0 Å². The molecule has 1 nitrogen and oxygen atoms in total. The third kappa shape index (κ3) is 0.936. The molecule has 1 aliphatic rings. The molecule has 1 aliphatic heterocycles. The molecular formula is C7H7N+. The van der Waals surface area contributed by atoms with Gasteiger partial charge in [-0.1, -0.05) is 6.58 Å². The highest BCUT2D eigenvalue weighted by molar-refractivity contribution is 5.73. The number of rotatable bonds is 1. The Morgan fingerprint density at radius 2 is 2.38 bits per heavy atom. The number of hydrogen-bond donors (Lipinski definition) is 0. The van der Waals surface area contributed by atoms with Crippen molar-refractivity contribution in [3.8, 4) is 0 Å². The van der Waals surface area contributed by atoms with Crippen molar-refractivity contribution in [3.05, 3.63) is 36.6 Å². The van der Waals surface area contributed by atoms with E-state index in [0.29, 0.717) is 0 Å². The summed E-state index contributed by atoms with van der Waals surface area (Å²) < 4.78 is 0. The minimum atomic E-state index is 0.924. The molecule has 0 N–H and O–H groups in total. The first-order valence-corrected chi connectivity index (χ1v) is 2.47. The molecule has 0 saturated heterocycles. The van der Waals surface area contributed by atoms with E-state index in [2.05, 4.69) is 11.6 Å². The fourth-order valence-electron chi connectivity index (χ4n) is 0.497. The second-order valence-corrected chi connectivity index (χ2v) is 1.46. The van der Waals surface area contributed by atoms with Crippen LogP contribution in [0.5, 0.6) is 0 Å². The van der Waals surface area contributed by atoms with Gasteiger partial charge in [-0.15, -0.1) is 0 Å². The summed E-state index contributed by atoms with van der Waals surface area (Å²) >= 11 is 0. The molecule has 8 heavy (non-hydrogen) atoms.